The first-order valence-corrected chi connectivity index (χ1v) is 9.30. The van der Waals surface area contributed by atoms with Crippen LogP contribution in [-0.4, -0.2) is 41.0 Å². The summed E-state index contributed by atoms with van der Waals surface area (Å²) in [5.41, 5.74) is 0.291. The minimum absolute atomic E-state index is 0.268. The minimum atomic E-state index is -0.772. The number of esters is 1. The molecule has 6 nitrogen and oxygen atoms in total. The van der Waals surface area contributed by atoms with Gasteiger partial charge in [0.15, 0.2) is 6.61 Å². The van der Waals surface area contributed by atoms with Crippen LogP contribution >= 0.6 is 23.4 Å². The van der Waals surface area contributed by atoms with Gasteiger partial charge in [-0.25, -0.2) is 4.79 Å². The van der Waals surface area contributed by atoms with Gasteiger partial charge in [-0.2, -0.15) is 0 Å². The first-order valence-electron chi connectivity index (χ1n) is 7.87. The Morgan fingerprint density at radius 2 is 2.04 bits per heavy atom. The molecule has 0 unspecified atom stereocenters. The number of ketones is 1. The Labute approximate surface area is 159 Å². The molecule has 0 aliphatic carbocycles. The van der Waals surface area contributed by atoms with E-state index < -0.39 is 24.4 Å². The highest BCUT2D eigenvalue weighted by atomic mass is 35.5. The van der Waals surface area contributed by atoms with Gasteiger partial charge in [0.05, 0.1) is 11.3 Å². The van der Waals surface area contributed by atoms with Crippen molar-refractivity contribution in [2.24, 2.45) is 0 Å². The van der Waals surface area contributed by atoms with Crippen LogP contribution in [0.1, 0.15) is 28.4 Å². The zero-order valence-electron chi connectivity index (χ0n) is 13.9. The molecule has 1 fully saturated rings. The third-order valence-corrected chi connectivity index (χ3v) is 5.56. The number of nitrogens with zero attached hydrogens (tertiary/aromatic N) is 1. The average molecular weight is 394 g/mol. The predicted octanol–water partition coefficient (Wildman–Crippen LogP) is 3.32. The van der Waals surface area contributed by atoms with Crippen LogP contribution in [0.5, 0.6) is 0 Å². The molecule has 1 saturated heterocycles. The van der Waals surface area contributed by atoms with E-state index in [1.165, 1.54) is 29.8 Å². The van der Waals surface area contributed by atoms with Crippen molar-refractivity contribution in [3.63, 3.8) is 0 Å². The van der Waals surface area contributed by atoms with Gasteiger partial charge in [0, 0.05) is 18.2 Å². The van der Waals surface area contributed by atoms with E-state index in [-0.39, 0.29) is 11.3 Å². The second-order valence-electron chi connectivity index (χ2n) is 5.65. The van der Waals surface area contributed by atoms with E-state index in [2.05, 4.69) is 0 Å². The molecule has 0 N–H and O–H groups in total. The van der Waals surface area contributed by atoms with Crippen molar-refractivity contribution >= 4 is 41.0 Å². The molecular formula is C18H16ClNO5S. The number of rotatable bonds is 5. The quantitative estimate of drug-likeness (QED) is 0.573. The lowest BCUT2D eigenvalue weighted by Crippen LogP contribution is -2.43. The Morgan fingerprint density at radius 3 is 2.69 bits per heavy atom. The van der Waals surface area contributed by atoms with E-state index in [1.807, 2.05) is 0 Å². The zero-order valence-corrected chi connectivity index (χ0v) is 15.5. The molecule has 1 aliphatic rings. The summed E-state index contributed by atoms with van der Waals surface area (Å²) in [5, 5.41) is -0.0902. The Hall–Kier alpha value is -2.25. The van der Waals surface area contributed by atoms with E-state index >= 15 is 0 Å². The minimum Gasteiger partial charge on any atom is -0.466 e. The molecule has 0 spiro atoms. The van der Waals surface area contributed by atoms with Crippen LogP contribution in [0.2, 0.25) is 5.02 Å². The number of amides is 1. The van der Waals surface area contributed by atoms with E-state index in [0.29, 0.717) is 22.1 Å². The van der Waals surface area contributed by atoms with Gasteiger partial charge in [-0.3, -0.25) is 9.59 Å². The summed E-state index contributed by atoms with van der Waals surface area (Å²) in [4.78, 5) is 38.1. The monoisotopic (exact) mass is 393 g/mol. The van der Waals surface area contributed by atoms with Gasteiger partial charge >= 0.3 is 5.97 Å². The summed E-state index contributed by atoms with van der Waals surface area (Å²) in [6.45, 7) is 0.956. The number of ether oxygens (including phenoxy) is 1. The summed E-state index contributed by atoms with van der Waals surface area (Å²) in [5.74, 6) is -0.332. The summed E-state index contributed by atoms with van der Waals surface area (Å²) >= 11 is 7.39. The van der Waals surface area contributed by atoms with Crippen LogP contribution in [0.4, 0.5) is 0 Å². The second kappa shape index (κ2) is 7.97. The van der Waals surface area contributed by atoms with Gasteiger partial charge in [-0.1, -0.05) is 23.7 Å². The molecule has 0 radical (unpaired) electrons. The Kier molecular flexibility index (Phi) is 5.68. The SMILES string of the molecule is CC(=O)N1[C@@H](C(=O)OCC(=O)c2ccccc2Cl)CS[C@@H]1c1ccco1. The van der Waals surface area contributed by atoms with Crippen LogP contribution in [0.3, 0.4) is 0 Å². The molecule has 26 heavy (non-hydrogen) atoms. The average Bonchev–Trinajstić information content (AvgIpc) is 3.28. The van der Waals surface area contributed by atoms with Crippen molar-refractivity contribution in [2.45, 2.75) is 18.3 Å². The molecule has 2 aromatic rings. The van der Waals surface area contributed by atoms with E-state index in [9.17, 15) is 14.4 Å². The fourth-order valence-electron chi connectivity index (χ4n) is 2.72. The molecular weight excluding hydrogens is 378 g/mol. The summed E-state index contributed by atoms with van der Waals surface area (Å²) in [7, 11) is 0. The summed E-state index contributed by atoms with van der Waals surface area (Å²) in [6.07, 6.45) is 1.52. The van der Waals surface area contributed by atoms with Crippen molar-refractivity contribution in [1.82, 2.24) is 4.90 Å². The maximum Gasteiger partial charge on any atom is 0.330 e. The number of carbonyl (C=O) groups excluding carboxylic acids is 3. The van der Waals surface area contributed by atoms with Crippen molar-refractivity contribution in [2.75, 3.05) is 12.4 Å². The van der Waals surface area contributed by atoms with Gasteiger partial charge in [0.1, 0.15) is 17.2 Å². The van der Waals surface area contributed by atoms with Crippen molar-refractivity contribution < 1.29 is 23.5 Å². The lowest BCUT2D eigenvalue weighted by Gasteiger charge is -2.25. The third kappa shape index (κ3) is 3.78. The number of halogens is 1. The van der Waals surface area contributed by atoms with Crippen LogP contribution in [0, 0.1) is 0 Å². The highest BCUT2D eigenvalue weighted by Gasteiger charge is 2.43. The van der Waals surface area contributed by atoms with Crippen molar-refractivity contribution in [1.29, 1.82) is 0 Å². The van der Waals surface area contributed by atoms with Crippen LogP contribution in [0.15, 0.2) is 47.1 Å². The molecule has 0 bridgehead atoms. The molecule has 1 aliphatic heterocycles. The third-order valence-electron chi connectivity index (χ3n) is 3.94. The van der Waals surface area contributed by atoms with E-state index in [4.69, 9.17) is 20.8 Å². The number of thioether (sulfide) groups is 1. The highest BCUT2D eigenvalue weighted by Crippen LogP contribution is 2.41. The van der Waals surface area contributed by atoms with Gasteiger partial charge in [0.25, 0.3) is 0 Å². The maximum absolute atomic E-state index is 12.5. The number of hydrogen-bond acceptors (Lipinski definition) is 6. The Bertz CT molecular complexity index is 823. The van der Waals surface area contributed by atoms with Gasteiger partial charge in [0.2, 0.25) is 11.7 Å². The van der Waals surface area contributed by atoms with Crippen molar-refractivity contribution in [3.05, 3.63) is 59.0 Å². The zero-order chi connectivity index (χ0) is 18.7. The van der Waals surface area contributed by atoms with Gasteiger partial charge in [-0.05, 0) is 24.3 Å². The first-order chi connectivity index (χ1) is 12.5. The van der Waals surface area contributed by atoms with Gasteiger partial charge < -0.3 is 14.1 Å². The lowest BCUT2D eigenvalue weighted by atomic mass is 10.1. The molecule has 1 aromatic heterocycles. The highest BCUT2D eigenvalue weighted by molar-refractivity contribution is 7.99. The van der Waals surface area contributed by atoms with Crippen LogP contribution in [0.25, 0.3) is 0 Å². The number of hydrogen-bond donors (Lipinski definition) is 0. The molecule has 2 heterocycles. The summed E-state index contributed by atoms with van der Waals surface area (Å²) in [6, 6.07) is 9.26. The molecule has 1 amide bonds. The molecule has 2 atom stereocenters. The van der Waals surface area contributed by atoms with E-state index in [1.54, 1.807) is 36.4 Å². The largest absolute Gasteiger partial charge is 0.466 e. The smallest absolute Gasteiger partial charge is 0.330 e. The fraction of sp³-hybridized carbons (Fsp3) is 0.278. The molecule has 8 heteroatoms. The van der Waals surface area contributed by atoms with Crippen molar-refractivity contribution in [3.8, 4) is 0 Å². The van der Waals surface area contributed by atoms with Crippen LogP contribution < -0.4 is 0 Å². The van der Waals surface area contributed by atoms with Crippen LogP contribution in [-0.2, 0) is 14.3 Å². The normalized spacial score (nSPS) is 19.4. The Morgan fingerprint density at radius 1 is 1.27 bits per heavy atom. The summed E-state index contributed by atoms with van der Waals surface area (Å²) < 4.78 is 10.5. The molecule has 1 aromatic carbocycles. The number of benzene rings is 1. The standard InChI is InChI=1S/C18H16ClNO5S/c1-11(21)20-14(10-26-17(20)16-7-4-8-24-16)18(23)25-9-15(22)12-5-2-3-6-13(12)19/h2-8,14,17H,9-10H2,1H3/t14-,17-/m1/s1. The predicted molar refractivity (Wildman–Crippen MR) is 97.0 cm³/mol. The molecule has 3 rings (SSSR count). The number of furan rings is 1. The van der Waals surface area contributed by atoms with E-state index in [0.717, 1.165) is 0 Å². The first kappa shape index (κ1) is 18.5. The number of carbonyl (C=O) groups is 3. The molecule has 136 valence electrons. The van der Waals surface area contributed by atoms with Gasteiger partial charge in [-0.15, -0.1) is 11.8 Å². The fourth-order valence-corrected chi connectivity index (χ4v) is 4.38. The second-order valence-corrected chi connectivity index (χ2v) is 7.17. The number of Topliss-reactive ketones (excluding diaryl/α,β-unsaturated/α-hetero) is 1. The lowest BCUT2D eigenvalue weighted by molar-refractivity contribution is -0.152. The topological polar surface area (TPSA) is 76.8 Å². The maximum atomic E-state index is 12.5. The Balaban J connectivity index is 1.66. The molecule has 0 saturated carbocycles.